The quantitative estimate of drug-likeness (QED) is 0.869. The topological polar surface area (TPSA) is 32.3 Å². The van der Waals surface area contributed by atoms with Gasteiger partial charge in [-0.05, 0) is 16.9 Å². The van der Waals surface area contributed by atoms with E-state index in [2.05, 4.69) is 19.2 Å². The van der Waals surface area contributed by atoms with Crippen LogP contribution in [0.25, 0.3) is 0 Å². The highest BCUT2D eigenvalue weighted by molar-refractivity contribution is 7.10. The van der Waals surface area contributed by atoms with E-state index in [0.717, 1.165) is 31.1 Å². The van der Waals surface area contributed by atoms with Crippen LogP contribution in [0.3, 0.4) is 0 Å². The van der Waals surface area contributed by atoms with Crippen molar-refractivity contribution in [3.63, 3.8) is 0 Å². The first-order valence-corrected chi connectivity index (χ1v) is 6.96. The van der Waals surface area contributed by atoms with Crippen LogP contribution in [0.5, 0.6) is 0 Å². The van der Waals surface area contributed by atoms with Gasteiger partial charge in [-0.2, -0.15) is 0 Å². The zero-order chi connectivity index (χ0) is 12.3. The van der Waals surface area contributed by atoms with Crippen LogP contribution < -0.4 is 5.32 Å². The monoisotopic (exact) mass is 252 g/mol. The third kappa shape index (κ3) is 3.54. The Balaban J connectivity index is 1.98. The first-order chi connectivity index (χ1) is 8.07. The van der Waals surface area contributed by atoms with Gasteiger partial charge < -0.3 is 10.2 Å². The van der Waals surface area contributed by atoms with Gasteiger partial charge in [0, 0.05) is 31.1 Å². The van der Waals surface area contributed by atoms with Gasteiger partial charge in [-0.15, -0.1) is 11.3 Å². The molecule has 0 radical (unpaired) electrons. The van der Waals surface area contributed by atoms with Crippen molar-refractivity contribution in [2.75, 3.05) is 26.2 Å². The van der Waals surface area contributed by atoms with Crippen LogP contribution in [0, 0.1) is 5.41 Å². The van der Waals surface area contributed by atoms with Gasteiger partial charge in [0.05, 0.1) is 6.42 Å². The van der Waals surface area contributed by atoms with Crippen LogP contribution >= 0.6 is 11.3 Å². The molecule has 1 amide bonds. The highest BCUT2D eigenvalue weighted by atomic mass is 32.1. The van der Waals surface area contributed by atoms with Crippen molar-refractivity contribution in [2.24, 2.45) is 5.41 Å². The van der Waals surface area contributed by atoms with E-state index in [1.807, 2.05) is 22.4 Å². The maximum atomic E-state index is 12.2. The Labute approximate surface area is 107 Å². The smallest absolute Gasteiger partial charge is 0.227 e. The number of hydrogen-bond acceptors (Lipinski definition) is 3. The summed E-state index contributed by atoms with van der Waals surface area (Å²) in [5.41, 5.74) is 0.168. The van der Waals surface area contributed by atoms with Crippen molar-refractivity contribution in [1.29, 1.82) is 0 Å². The average molecular weight is 252 g/mol. The van der Waals surface area contributed by atoms with Crippen molar-refractivity contribution in [1.82, 2.24) is 10.2 Å². The predicted molar refractivity (Wildman–Crippen MR) is 71.3 cm³/mol. The van der Waals surface area contributed by atoms with E-state index in [4.69, 9.17) is 0 Å². The van der Waals surface area contributed by atoms with Crippen molar-refractivity contribution in [2.45, 2.75) is 20.3 Å². The van der Waals surface area contributed by atoms with Gasteiger partial charge in [-0.3, -0.25) is 4.79 Å². The van der Waals surface area contributed by atoms with Crippen LogP contribution in [0.4, 0.5) is 0 Å². The number of amides is 1. The van der Waals surface area contributed by atoms with Gasteiger partial charge in [0.2, 0.25) is 5.91 Å². The average Bonchev–Trinajstić information content (AvgIpc) is 2.68. The molecule has 0 bridgehead atoms. The molecule has 0 aromatic carbocycles. The molecule has 0 saturated carbocycles. The molecule has 0 spiro atoms. The highest BCUT2D eigenvalue weighted by Crippen LogP contribution is 2.19. The SMILES string of the molecule is CC1(C)CNCCN(C(=O)Cc2cccs2)C1. The Kier molecular flexibility index (Phi) is 3.84. The second-order valence-corrected chi connectivity index (χ2v) is 6.44. The Morgan fingerprint density at radius 1 is 1.59 bits per heavy atom. The van der Waals surface area contributed by atoms with Crippen LogP contribution in [-0.4, -0.2) is 37.0 Å². The molecular formula is C13H20N2OS. The second-order valence-electron chi connectivity index (χ2n) is 5.41. The molecule has 0 unspecified atom stereocenters. The number of rotatable bonds is 2. The fourth-order valence-corrected chi connectivity index (χ4v) is 2.88. The van der Waals surface area contributed by atoms with Gasteiger partial charge in [0.15, 0.2) is 0 Å². The Hall–Kier alpha value is -0.870. The first kappa shape index (κ1) is 12.6. The van der Waals surface area contributed by atoms with E-state index < -0.39 is 0 Å². The number of nitrogens with zero attached hydrogens (tertiary/aromatic N) is 1. The summed E-state index contributed by atoms with van der Waals surface area (Å²) in [6.45, 7) is 7.97. The Morgan fingerprint density at radius 2 is 2.41 bits per heavy atom. The molecule has 2 rings (SSSR count). The normalized spacial score (nSPS) is 20.0. The number of carbonyl (C=O) groups excluding carboxylic acids is 1. The number of carbonyl (C=O) groups is 1. The van der Waals surface area contributed by atoms with Gasteiger partial charge in [0.25, 0.3) is 0 Å². The van der Waals surface area contributed by atoms with E-state index in [0.29, 0.717) is 6.42 Å². The summed E-state index contributed by atoms with van der Waals surface area (Å²) in [7, 11) is 0. The first-order valence-electron chi connectivity index (χ1n) is 6.08. The summed E-state index contributed by atoms with van der Waals surface area (Å²) >= 11 is 1.66. The molecule has 3 nitrogen and oxygen atoms in total. The number of thiophene rings is 1. The Morgan fingerprint density at radius 3 is 3.12 bits per heavy atom. The fourth-order valence-electron chi connectivity index (χ4n) is 2.18. The van der Waals surface area contributed by atoms with Gasteiger partial charge in [0.1, 0.15) is 0 Å². The van der Waals surface area contributed by atoms with E-state index >= 15 is 0 Å². The summed E-state index contributed by atoms with van der Waals surface area (Å²) in [6.07, 6.45) is 0.549. The molecule has 1 aromatic rings. The molecule has 94 valence electrons. The van der Waals surface area contributed by atoms with Crippen molar-refractivity contribution in [3.05, 3.63) is 22.4 Å². The summed E-state index contributed by atoms with van der Waals surface area (Å²) in [5, 5.41) is 5.41. The molecule has 1 aromatic heterocycles. The van der Waals surface area contributed by atoms with E-state index in [1.165, 1.54) is 0 Å². The standard InChI is InChI=1S/C13H20N2OS/c1-13(2)9-14-5-6-15(10-13)12(16)8-11-4-3-7-17-11/h3-4,7,14H,5-6,8-10H2,1-2H3. The summed E-state index contributed by atoms with van der Waals surface area (Å²) in [5.74, 6) is 0.254. The summed E-state index contributed by atoms with van der Waals surface area (Å²) < 4.78 is 0. The highest BCUT2D eigenvalue weighted by Gasteiger charge is 2.27. The van der Waals surface area contributed by atoms with Crippen LogP contribution in [0.1, 0.15) is 18.7 Å². The molecule has 0 atom stereocenters. The van der Waals surface area contributed by atoms with Crippen molar-refractivity contribution < 1.29 is 4.79 Å². The fraction of sp³-hybridized carbons (Fsp3) is 0.615. The molecule has 1 aliphatic rings. The summed E-state index contributed by atoms with van der Waals surface area (Å²) in [6, 6.07) is 4.03. The van der Waals surface area contributed by atoms with Gasteiger partial charge in [-0.25, -0.2) is 0 Å². The largest absolute Gasteiger partial charge is 0.341 e. The minimum Gasteiger partial charge on any atom is -0.341 e. The molecule has 4 heteroatoms. The lowest BCUT2D eigenvalue weighted by molar-refractivity contribution is -0.131. The van der Waals surface area contributed by atoms with Crippen LogP contribution in [-0.2, 0) is 11.2 Å². The third-order valence-corrected chi connectivity index (χ3v) is 3.92. The van der Waals surface area contributed by atoms with E-state index in [1.54, 1.807) is 11.3 Å². The molecule has 1 N–H and O–H groups in total. The van der Waals surface area contributed by atoms with Crippen molar-refractivity contribution in [3.8, 4) is 0 Å². The van der Waals surface area contributed by atoms with Crippen LogP contribution in [0.2, 0.25) is 0 Å². The second kappa shape index (κ2) is 5.19. The third-order valence-electron chi connectivity index (χ3n) is 3.04. The predicted octanol–water partition coefficient (Wildman–Crippen LogP) is 1.75. The lowest BCUT2D eigenvalue weighted by Crippen LogP contribution is -2.39. The zero-order valence-electron chi connectivity index (χ0n) is 10.5. The lowest BCUT2D eigenvalue weighted by atomic mass is 9.93. The van der Waals surface area contributed by atoms with E-state index in [9.17, 15) is 4.79 Å². The minimum absolute atomic E-state index is 0.168. The number of hydrogen-bond donors (Lipinski definition) is 1. The zero-order valence-corrected chi connectivity index (χ0v) is 11.3. The Bertz CT molecular complexity index is 373. The molecular weight excluding hydrogens is 232 g/mol. The number of nitrogens with one attached hydrogen (secondary N) is 1. The molecule has 1 aliphatic heterocycles. The van der Waals surface area contributed by atoms with Gasteiger partial charge >= 0.3 is 0 Å². The molecule has 1 saturated heterocycles. The lowest BCUT2D eigenvalue weighted by Gasteiger charge is -2.29. The minimum atomic E-state index is 0.168. The molecule has 1 fully saturated rings. The molecule has 2 heterocycles. The summed E-state index contributed by atoms with van der Waals surface area (Å²) in [4.78, 5) is 15.4. The molecule has 17 heavy (non-hydrogen) atoms. The maximum Gasteiger partial charge on any atom is 0.227 e. The van der Waals surface area contributed by atoms with E-state index in [-0.39, 0.29) is 11.3 Å². The van der Waals surface area contributed by atoms with Gasteiger partial charge in [-0.1, -0.05) is 19.9 Å². The van der Waals surface area contributed by atoms with Crippen LogP contribution in [0.15, 0.2) is 17.5 Å². The molecule has 0 aliphatic carbocycles. The van der Waals surface area contributed by atoms with Crippen molar-refractivity contribution >= 4 is 17.2 Å². The maximum absolute atomic E-state index is 12.2.